The molecule has 0 saturated heterocycles. The lowest BCUT2D eigenvalue weighted by Crippen LogP contribution is -2.28. The summed E-state index contributed by atoms with van der Waals surface area (Å²) in [5, 5.41) is 7.29. The van der Waals surface area contributed by atoms with Gasteiger partial charge in [-0.15, -0.1) is 13.2 Å². The molecule has 1 amide bonds. The second-order valence-corrected chi connectivity index (χ2v) is 9.15. The molecule has 0 unspecified atom stereocenters. The second kappa shape index (κ2) is 9.00. The molecule has 2 aliphatic rings. The molecule has 2 aliphatic carbocycles. The van der Waals surface area contributed by atoms with Crippen LogP contribution in [0.25, 0.3) is 11.1 Å². The monoisotopic (exact) mass is 499 g/mol. The standard InChI is InChI=1S/C26H24F3N3O4/c1-35-23(33)22-13-18(7-10-21(22)16-14-30-32(15-16)19-3-2-4-19)31-24(34)25(11-12-25)17-5-8-20(9-6-17)36-26(27,28)29/h5-10,13-15,19H,2-4,11-12H2,1H3,(H,31,34). The van der Waals surface area contributed by atoms with E-state index >= 15 is 0 Å². The number of aromatic nitrogens is 2. The lowest BCUT2D eigenvalue weighted by molar-refractivity contribution is -0.274. The predicted molar refractivity (Wildman–Crippen MR) is 125 cm³/mol. The van der Waals surface area contributed by atoms with Crippen molar-refractivity contribution in [3.05, 3.63) is 66.0 Å². The largest absolute Gasteiger partial charge is 0.573 e. The van der Waals surface area contributed by atoms with Gasteiger partial charge in [0.25, 0.3) is 0 Å². The zero-order valence-electron chi connectivity index (χ0n) is 19.5. The van der Waals surface area contributed by atoms with Crippen LogP contribution in [-0.2, 0) is 14.9 Å². The molecule has 7 nitrogen and oxygen atoms in total. The van der Waals surface area contributed by atoms with E-state index in [2.05, 4.69) is 15.2 Å². The number of rotatable bonds is 7. The van der Waals surface area contributed by atoms with Crippen LogP contribution in [0, 0.1) is 0 Å². The van der Waals surface area contributed by atoms with E-state index in [-0.39, 0.29) is 11.7 Å². The number of ether oxygens (including phenoxy) is 2. The van der Waals surface area contributed by atoms with Gasteiger partial charge in [-0.3, -0.25) is 9.48 Å². The summed E-state index contributed by atoms with van der Waals surface area (Å²) >= 11 is 0. The average Bonchev–Trinajstić information content (AvgIpc) is 3.49. The molecule has 2 saturated carbocycles. The summed E-state index contributed by atoms with van der Waals surface area (Å²) < 4.78 is 48.1. The third-order valence-electron chi connectivity index (χ3n) is 6.87. The van der Waals surface area contributed by atoms with E-state index in [1.165, 1.54) is 37.8 Å². The number of nitrogens with zero attached hydrogens (tertiary/aromatic N) is 2. The Morgan fingerprint density at radius 1 is 1.11 bits per heavy atom. The van der Waals surface area contributed by atoms with Gasteiger partial charge in [0, 0.05) is 17.4 Å². The van der Waals surface area contributed by atoms with Crippen LogP contribution in [-0.4, -0.2) is 35.1 Å². The SMILES string of the molecule is COC(=O)c1cc(NC(=O)C2(c3ccc(OC(F)(F)F)cc3)CC2)ccc1-c1cnn(C2CCC2)c1. The second-order valence-electron chi connectivity index (χ2n) is 9.15. The van der Waals surface area contributed by atoms with E-state index in [0.29, 0.717) is 41.3 Å². The van der Waals surface area contributed by atoms with Gasteiger partial charge in [0.05, 0.1) is 30.3 Å². The summed E-state index contributed by atoms with van der Waals surface area (Å²) in [5.74, 6) is -1.19. The van der Waals surface area contributed by atoms with Gasteiger partial charge in [-0.1, -0.05) is 18.2 Å². The maximum absolute atomic E-state index is 13.2. The fourth-order valence-corrected chi connectivity index (χ4v) is 4.48. The van der Waals surface area contributed by atoms with Crippen molar-refractivity contribution in [3.63, 3.8) is 0 Å². The van der Waals surface area contributed by atoms with Crippen molar-refractivity contribution in [1.82, 2.24) is 9.78 Å². The van der Waals surface area contributed by atoms with Gasteiger partial charge >= 0.3 is 12.3 Å². The molecule has 2 aromatic carbocycles. The van der Waals surface area contributed by atoms with Crippen LogP contribution in [0.2, 0.25) is 0 Å². The quantitative estimate of drug-likeness (QED) is 0.426. The van der Waals surface area contributed by atoms with Crippen LogP contribution < -0.4 is 10.1 Å². The maximum Gasteiger partial charge on any atom is 0.573 e. The summed E-state index contributed by atoms with van der Waals surface area (Å²) in [4.78, 5) is 25.7. The third-order valence-corrected chi connectivity index (χ3v) is 6.87. The van der Waals surface area contributed by atoms with Gasteiger partial charge in [-0.2, -0.15) is 5.10 Å². The van der Waals surface area contributed by atoms with Crippen molar-refractivity contribution < 1.29 is 32.2 Å². The number of carbonyl (C=O) groups is 2. The van der Waals surface area contributed by atoms with Crippen LogP contribution in [0.1, 0.15) is 54.1 Å². The molecule has 2 fully saturated rings. The van der Waals surface area contributed by atoms with Crippen LogP contribution in [0.5, 0.6) is 5.75 Å². The topological polar surface area (TPSA) is 82.4 Å². The number of halogens is 3. The third kappa shape index (κ3) is 4.67. The van der Waals surface area contributed by atoms with Crippen LogP contribution in [0.3, 0.4) is 0 Å². The molecule has 188 valence electrons. The van der Waals surface area contributed by atoms with E-state index in [4.69, 9.17) is 4.74 Å². The molecule has 0 aliphatic heterocycles. The first-order valence-electron chi connectivity index (χ1n) is 11.6. The molecule has 36 heavy (non-hydrogen) atoms. The van der Waals surface area contributed by atoms with Crippen LogP contribution in [0.4, 0.5) is 18.9 Å². The molecule has 1 heterocycles. The number of carbonyl (C=O) groups excluding carboxylic acids is 2. The highest BCUT2D eigenvalue weighted by atomic mass is 19.4. The number of amides is 1. The zero-order valence-corrected chi connectivity index (χ0v) is 19.5. The highest BCUT2D eigenvalue weighted by Gasteiger charge is 2.51. The fraction of sp³-hybridized carbons (Fsp3) is 0.346. The summed E-state index contributed by atoms with van der Waals surface area (Å²) in [6.45, 7) is 0. The molecule has 1 N–H and O–H groups in total. The Labute approximate surface area is 205 Å². The smallest absolute Gasteiger partial charge is 0.465 e. The molecule has 3 aromatic rings. The number of hydrogen-bond donors (Lipinski definition) is 1. The van der Waals surface area contributed by atoms with E-state index in [9.17, 15) is 22.8 Å². The number of esters is 1. The highest BCUT2D eigenvalue weighted by Crippen LogP contribution is 2.49. The van der Waals surface area contributed by atoms with Crippen molar-refractivity contribution in [1.29, 1.82) is 0 Å². The zero-order chi connectivity index (χ0) is 25.5. The Bertz CT molecular complexity index is 1290. The van der Waals surface area contributed by atoms with E-state index in [0.717, 1.165) is 18.4 Å². The van der Waals surface area contributed by atoms with Crippen LogP contribution >= 0.6 is 0 Å². The molecular weight excluding hydrogens is 475 g/mol. The number of anilines is 1. The van der Waals surface area contributed by atoms with Crippen molar-refractivity contribution in [2.75, 3.05) is 12.4 Å². The summed E-state index contributed by atoms with van der Waals surface area (Å²) in [7, 11) is 1.29. The maximum atomic E-state index is 13.2. The molecule has 5 rings (SSSR count). The van der Waals surface area contributed by atoms with Gasteiger partial charge in [-0.05, 0) is 67.5 Å². The summed E-state index contributed by atoms with van der Waals surface area (Å²) in [6.07, 6.45) is 3.29. The number of methoxy groups -OCH3 is 1. The summed E-state index contributed by atoms with van der Waals surface area (Å²) in [5.41, 5.74) is 1.89. The van der Waals surface area contributed by atoms with Gasteiger partial charge < -0.3 is 14.8 Å². The average molecular weight is 499 g/mol. The Hall–Kier alpha value is -3.82. The Kier molecular flexibility index (Phi) is 5.97. The van der Waals surface area contributed by atoms with Gasteiger partial charge in [-0.25, -0.2) is 4.79 Å². The minimum atomic E-state index is -4.78. The highest BCUT2D eigenvalue weighted by molar-refractivity contribution is 6.03. The lowest BCUT2D eigenvalue weighted by Gasteiger charge is -2.25. The first-order chi connectivity index (χ1) is 17.2. The Morgan fingerprint density at radius 2 is 1.83 bits per heavy atom. The molecule has 1 aromatic heterocycles. The molecule has 0 atom stereocenters. The number of nitrogens with one attached hydrogen (secondary N) is 1. The van der Waals surface area contributed by atoms with E-state index in [1.54, 1.807) is 24.4 Å². The van der Waals surface area contributed by atoms with E-state index < -0.39 is 17.7 Å². The Balaban J connectivity index is 1.36. The molecular formula is C26H24F3N3O4. The van der Waals surface area contributed by atoms with E-state index in [1.807, 2.05) is 10.9 Å². The number of benzene rings is 2. The van der Waals surface area contributed by atoms with Gasteiger partial charge in [0.1, 0.15) is 5.75 Å². The minimum Gasteiger partial charge on any atom is -0.465 e. The van der Waals surface area contributed by atoms with Crippen molar-refractivity contribution in [2.24, 2.45) is 0 Å². The molecule has 0 radical (unpaired) electrons. The fourth-order valence-electron chi connectivity index (χ4n) is 4.48. The van der Waals surface area contributed by atoms with Crippen molar-refractivity contribution in [2.45, 2.75) is 49.9 Å². The van der Waals surface area contributed by atoms with Crippen LogP contribution in [0.15, 0.2) is 54.9 Å². The minimum absolute atomic E-state index is 0.293. The first-order valence-corrected chi connectivity index (χ1v) is 11.6. The Morgan fingerprint density at radius 3 is 2.42 bits per heavy atom. The summed E-state index contributed by atoms with van der Waals surface area (Å²) in [6, 6.07) is 10.7. The van der Waals surface area contributed by atoms with Crippen molar-refractivity contribution >= 4 is 17.6 Å². The molecule has 0 bridgehead atoms. The predicted octanol–water partition coefficient (Wildman–Crippen LogP) is 5.63. The van der Waals surface area contributed by atoms with Gasteiger partial charge in [0.2, 0.25) is 5.91 Å². The number of alkyl halides is 3. The molecule has 10 heteroatoms. The number of hydrogen-bond acceptors (Lipinski definition) is 5. The van der Waals surface area contributed by atoms with Gasteiger partial charge in [0.15, 0.2) is 0 Å². The first kappa shape index (κ1) is 23.9. The lowest BCUT2D eigenvalue weighted by atomic mass is 9.93. The normalized spacial score (nSPS) is 16.7. The molecule has 0 spiro atoms. The van der Waals surface area contributed by atoms with Crippen molar-refractivity contribution in [3.8, 4) is 16.9 Å².